The molecule has 3 aliphatic carbocycles. The van der Waals surface area contributed by atoms with Crippen LogP contribution in [0.3, 0.4) is 0 Å². The third kappa shape index (κ3) is 7.77. The molecule has 0 radical (unpaired) electrons. The van der Waals surface area contributed by atoms with Crippen molar-refractivity contribution in [1.82, 2.24) is 0 Å². The summed E-state index contributed by atoms with van der Waals surface area (Å²) in [5, 5.41) is 0. The average molecular weight is 361 g/mol. The second-order valence-electron chi connectivity index (χ2n) is 9.97. The van der Waals surface area contributed by atoms with Crippen molar-refractivity contribution in [2.45, 2.75) is 118 Å². The molecular weight excluding hydrogens is 312 g/mol. The van der Waals surface area contributed by atoms with Crippen LogP contribution in [0, 0.1) is 35.5 Å². The van der Waals surface area contributed by atoms with Crippen LogP contribution in [0.15, 0.2) is 12.2 Å². The fraction of sp³-hybridized carbons (Fsp3) is 0.923. The van der Waals surface area contributed by atoms with Crippen LogP contribution < -0.4 is 0 Å². The van der Waals surface area contributed by atoms with Crippen LogP contribution in [0.5, 0.6) is 0 Å². The van der Waals surface area contributed by atoms with Gasteiger partial charge in [-0.3, -0.25) is 0 Å². The van der Waals surface area contributed by atoms with Gasteiger partial charge in [-0.05, 0) is 74.5 Å². The SMILES string of the molecule is C/C=C/CCCC1CCCCC1C.CCCC1CC1CC1CCCC1C. The van der Waals surface area contributed by atoms with Gasteiger partial charge in [0.1, 0.15) is 0 Å². The van der Waals surface area contributed by atoms with Crippen LogP contribution in [0.25, 0.3) is 0 Å². The summed E-state index contributed by atoms with van der Waals surface area (Å²) in [4.78, 5) is 0. The van der Waals surface area contributed by atoms with E-state index in [4.69, 9.17) is 0 Å². The van der Waals surface area contributed by atoms with Crippen molar-refractivity contribution in [2.75, 3.05) is 0 Å². The minimum Gasteiger partial charge on any atom is -0.0917 e. The van der Waals surface area contributed by atoms with Gasteiger partial charge < -0.3 is 0 Å². The molecule has 26 heavy (non-hydrogen) atoms. The maximum Gasteiger partial charge on any atom is -0.0351 e. The lowest BCUT2D eigenvalue weighted by molar-refractivity contribution is 0.238. The first-order valence-corrected chi connectivity index (χ1v) is 12.3. The van der Waals surface area contributed by atoms with Crippen molar-refractivity contribution >= 4 is 0 Å². The molecule has 0 heterocycles. The monoisotopic (exact) mass is 360 g/mol. The van der Waals surface area contributed by atoms with E-state index in [1.165, 1.54) is 77.0 Å². The molecular formula is C26H48. The van der Waals surface area contributed by atoms with E-state index in [0.29, 0.717) is 0 Å². The van der Waals surface area contributed by atoms with Gasteiger partial charge in [-0.25, -0.2) is 0 Å². The van der Waals surface area contributed by atoms with Gasteiger partial charge in [0.25, 0.3) is 0 Å². The maximum absolute atomic E-state index is 2.47. The summed E-state index contributed by atoms with van der Waals surface area (Å²) in [5.74, 6) is 6.47. The zero-order valence-corrected chi connectivity index (χ0v) is 18.5. The molecule has 3 saturated carbocycles. The zero-order chi connectivity index (χ0) is 18.8. The highest BCUT2D eigenvalue weighted by atomic mass is 14.4. The third-order valence-corrected chi connectivity index (χ3v) is 7.84. The predicted molar refractivity (Wildman–Crippen MR) is 117 cm³/mol. The first-order valence-electron chi connectivity index (χ1n) is 12.3. The van der Waals surface area contributed by atoms with Gasteiger partial charge in [0.2, 0.25) is 0 Å². The highest BCUT2D eigenvalue weighted by Gasteiger charge is 2.39. The zero-order valence-electron chi connectivity index (χ0n) is 18.5. The quantitative estimate of drug-likeness (QED) is 0.299. The predicted octanol–water partition coefficient (Wildman–Crippen LogP) is 8.81. The van der Waals surface area contributed by atoms with Gasteiger partial charge in [0, 0.05) is 0 Å². The molecule has 0 heteroatoms. The summed E-state index contributed by atoms with van der Waals surface area (Å²) >= 11 is 0. The summed E-state index contributed by atoms with van der Waals surface area (Å²) < 4.78 is 0. The minimum absolute atomic E-state index is 0.999. The minimum atomic E-state index is 0.999. The fourth-order valence-corrected chi connectivity index (χ4v) is 5.77. The van der Waals surface area contributed by atoms with Crippen LogP contribution in [-0.2, 0) is 0 Å². The van der Waals surface area contributed by atoms with Crippen molar-refractivity contribution in [1.29, 1.82) is 0 Å². The average Bonchev–Trinajstić information content (AvgIpc) is 3.24. The number of hydrogen-bond acceptors (Lipinski definition) is 0. The number of allylic oxidation sites excluding steroid dienone is 2. The van der Waals surface area contributed by atoms with E-state index in [2.05, 4.69) is 39.8 Å². The second kappa shape index (κ2) is 12.2. The molecule has 0 saturated heterocycles. The Labute approximate surface area is 165 Å². The summed E-state index contributed by atoms with van der Waals surface area (Å²) in [6, 6.07) is 0. The standard InChI is InChI=1S/2C13H24/c1-3-5-12-9-13(12)8-11-7-4-6-10(11)2;1-3-4-5-6-10-13-11-8-7-9-12(13)2/h10-13H,3-9H2,1-2H3;3-4,12-13H,5-11H2,1-2H3/b;4-3+. The third-order valence-electron chi connectivity index (χ3n) is 7.84. The molecule has 3 rings (SSSR count). The molecule has 0 amide bonds. The van der Waals surface area contributed by atoms with E-state index < -0.39 is 0 Å². The van der Waals surface area contributed by atoms with Gasteiger partial charge >= 0.3 is 0 Å². The van der Waals surface area contributed by atoms with Gasteiger partial charge in [-0.1, -0.05) is 90.7 Å². The van der Waals surface area contributed by atoms with Crippen LogP contribution in [0.1, 0.15) is 118 Å². The van der Waals surface area contributed by atoms with Gasteiger partial charge in [0.05, 0.1) is 0 Å². The molecule has 0 spiro atoms. The van der Waals surface area contributed by atoms with E-state index >= 15 is 0 Å². The second-order valence-corrected chi connectivity index (χ2v) is 9.97. The van der Waals surface area contributed by atoms with E-state index in [1.807, 2.05) is 0 Å². The summed E-state index contributed by atoms with van der Waals surface area (Å²) in [5.41, 5.74) is 0. The lowest BCUT2D eigenvalue weighted by atomic mass is 9.78. The molecule has 6 unspecified atom stereocenters. The van der Waals surface area contributed by atoms with Crippen LogP contribution in [-0.4, -0.2) is 0 Å². The summed E-state index contributed by atoms with van der Waals surface area (Å²) in [6.45, 7) is 9.35. The Morgan fingerprint density at radius 3 is 2.12 bits per heavy atom. The molecule has 0 aromatic carbocycles. The largest absolute Gasteiger partial charge is 0.0917 e. The lowest BCUT2D eigenvalue weighted by Gasteiger charge is -2.28. The molecule has 152 valence electrons. The molecule has 3 fully saturated rings. The Morgan fingerprint density at radius 2 is 1.46 bits per heavy atom. The van der Waals surface area contributed by atoms with E-state index in [1.54, 1.807) is 12.8 Å². The number of unbranched alkanes of at least 4 members (excludes halogenated alkanes) is 1. The highest BCUT2D eigenvalue weighted by Crippen LogP contribution is 2.49. The van der Waals surface area contributed by atoms with Crippen LogP contribution in [0.2, 0.25) is 0 Å². The lowest BCUT2D eigenvalue weighted by Crippen LogP contribution is -2.16. The molecule has 6 atom stereocenters. The van der Waals surface area contributed by atoms with Crippen molar-refractivity contribution in [3.8, 4) is 0 Å². The topological polar surface area (TPSA) is 0 Å². The molecule has 3 aliphatic rings. The number of hydrogen-bond donors (Lipinski definition) is 0. The van der Waals surface area contributed by atoms with Crippen molar-refractivity contribution in [2.24, 2.45) is 35.5 Å². The van der Waals surface area contributed by atoms with Crippen molar-refractivity contribution in [3.63, 3.8) is 0 Å². The van der Waals surface area contributed by atoms with Crippen molar-refractivity contribution < 1.29 is 0 Å². The van der Waals surface area contributed by atoms with E-state index in [9.17, 15) is 0 Å². The molecule has 0 aliphatic heterocycles. The fourth-order valence-electron chi connectivity index (χ4n) is 5.77. The first-order chi connectivity index (χ1) is 12.7. The molecule has 0 aromatic heterocycles. The Balaban J connectivity index is 0.000000187. The van der Waals surface area contributed by atoms with Gasteiger partial charge in [-0.15, -0.1) is 0 Å². The van der Waals surface area contributed by atoms with Crippen molar-refractivity contribution in [3.05, 3.63) is 12.2 Å². The van der Waals surface area contributed by atoms with E-state index in [-0.39, 0.29) is 0 Å². The van der Waals surface area contributed by atoms with Crippen LogP contribution >= 0.6 is 0 Å². The first kappa shape index (κ1) is 22.0. The molecule has 0 bridgehead atoms. The van der Waals surface area contributed by atoms with Crippen LogP contribution in [0.4, 0.5) is 0 Å². The molecule has 0 aromatic rings. The molecule has 0 N–H and O–H groups in total. The maximum atomic E-state index is 2.47. The van der Waals surface area contributed by atoms with E-state index in [0.717, 1.165) is 35.5 Å². The molecule has 0 nitrogen and oxygen atoms in total. The Bertz CT molecular complexity index is 381. The number of rotatable bonds is 8. The smallest absolute Gasteiger partial charge is 0.0351 e. The Hall–Kier alpha value is -0.260. The summed E-state index contributed by atoms with van der Waals surface area (Å²) in [7, 11) is 0. The highest BCUT2D eigenvalue weighted by molar-refractivity contribution is 4.89. The Morgan fingerprint density at radius 1 is 0.769 bits per heavy atom. The van der Waals surface area contributed by atoms with Gasteiger partial charge in [-0.2, -0.15) is 0 Å². The van der Waals surface area contributed by atoms with Gasteiger partial charge in [0.15, 0.2) is 0 Å². The Kier molecular flexibility index (Phi) is 10.4. The normalized spacial score (nSPS) is 36.8. The summed E-state index contributed by atoms with van der Waals surface area (Å²) in [6.07, 6.45) is 25.2.